The van der Waals surface area contributed by atoms with Gasteiger partial charge in [-0.15, -0.1) is 0 Å². The van der Waals surface area contributed by atoms with Crippen molar-refractivity contribution >= 4 is 12.4 Å². The third kappa shape index (κ3) is 4.01. The summed E-state index contributed by atoms with van der Waals surface area (Å²) in [6.07, 6.45) is 9.86. The van der Waals surface area contributed by atoms with Crippen LogP contribution in [0.15, 0.2) is 53.6 Å². The maximum atomic E-state index is 7.13. The number of nitrogens with one attached hydrogen (secondary N) is 1. The van der Waals surface area contributed by atoms with Gasteiger partial charge < -0.3 is 5.41 Å². The molecule has 0 aliphatic heterocycles. The van der Waals surface area contributed by atoms with Gasteiger partial charge in [0.2, 0.25) is 0 Å². The smallest absolute Gasteiger partial charge is 0.0287 e. The van der Waals surface area contributed by atoms with Crippen molar-refractivity contribution in [2.45, 2.75) is 0 Å². The van der Waals surface area contributed by atoms with Crippen molar-refractivity contribution in [3.63, 3.8) is 0 Å². The third-order valence-corrected chi connectivity index (χ3v) is 1.39. The van der Waals surface area contributed by atoms with E-state index < -0.39 is 0 Å². The predicted molar refractivity (Wildman–Crippen MR) is 59.8 cm³/mol. The molecule has 13 heavy (non-hydrogen) atoms. The highest BCUT2D eigenvalue weighted by atomic mass is 14.6. The van der Waals surface area contributed by atoms with Gasteiger partial charge in [-0.05, 0) is 0 Å². The Morgan fingerprint density at radius 3 is 2.38 bits per heavy atom. The fourth-order valence-electron chi connectivity index (χ4n) is 0.785. The molecular weight excluding hydrogens is 160 g/mol. The number of allylic oxidation sites excluding steroid dienone is 6. The number of aliphatic imine (C=N–C) groups is 1. The Kier molecular flexibility index (Phi) is 6.06. The topological polar surface area (TPSA) is 36.2 Å². The number of hydrogen-bond acceptors (Lipinski definition) is 2. The first-order valence-corrected chi connectivity index (χ1v) is 3.88. The van der Waals surface area contributed by atoms with E-state index in [0.717, 1.165) is 11.1 Å². The summed E-state index contributed by atoms with van der Waals surface area (Å²) in [6.45, 7) is 7.18. The highest BCUT2D eigenvalue weighted by Gasteiger charge is 1.93. The van der Waals surface area contributed by atoms with Crippen molar-refractivity contribution in [1.82, 2.24) is 0 Å². The van der Waals surface area contributed by atoms with Crippen LogP contribution in [-0.2, 0) is 0 Å². The summed E-state index contributed by atoms with van der Waals surface area (Å²) in [5.74, 6) is 0. The van der Waals surface area contributed by atoms with E-state index in [1.54, 1.807) is 31.5 Å². The molecule has 0 bridgehead atoms. The summed E-state index contributed by atoms with van der Waals surface area (Å²) >= 11 is 0. The Morgan fingerprint density at radius 1 is 1.31 bits per heavy atom. The molecule has 0 unspecified atom stereocenters. The molecule has 0 heterocycles. The molecule has 0 rings (SSSR count). The molecule has 0 spiro atoms. The number of nitrogens with zero attached hydrogens (tertiary/aromatic N) is 1. The molecule has 0 radical (unpaired) electrons. The Morgan fingerprint density at radius 2 is 2.00 bits per heavy atom. The van der Waals surface area contributed by atoms with E-state index in [1.807, 2.05) is 6.08 Å². The minimum atomic E-state index is 0.740. The van der Waals surface area contributed by atoms with Crippen molar-refractivity contribution < 1.29 is 0 Å². The third-order valence-electron chi connectivity index (χ3n) is 1.39. The van der Waals surface area contributed by atoms with Crippen molar-refractivity contribution in [2.75, 3.05) is 7.05 Å². The summed E-state index contributed by atoms with van der Waals surface area (Å²) in [7, 11) is 1.69. The first-order chi connectivity index (χ1) is 6.29. The van der Waals surface area contributed by atoms with E-state index in [4.69, 9.17) is 5.41 Å². The standard InChI is InChI=1S/C11H14N2/c1-4-6-7-11(9-13-3)10(5-2)8-12/h4-9,12H,1-2H2,3H3/b7-6-,11-10-,12-8?,13-9?. The Hall–Kier alpha value is -1.70. The lowest BCUT2D eigenvalue weighted by Crippen LogP contribution is -1.89. The molecule has 2 heteroatoms. The minimum Gasteiger partial charge on any atom is -0.308 e. The maximum absolute atomic E-state index is 7.13. The number of rotatable bonds is 5. The van der Waals surface area contributed by atoms with Gasteiger partial charge in [0.25, 0.3) is 0 Å². The van der Waals surface area contributed by atoms with E-state index in [2.05, 4.69) is 18.2 Å². The van der Waals surface area contributed by atoms with Crippen LogP contribution in [0.1, 0.15) is 0 Å². The normalized spacial score (nSPS) is 13.0. The molecule has 0 fully saturated rings. The molecular formula is C11H14N2. The molecule has 0 saturated heterocycles. The number of hydrogen-bond donors (Lipinski definition) is 1. The van der Waals surface area contributed by atoms with E-state index in [1.165, 1.54) is 6.21 Å². The lowest BCUT2D eigenvalue weighted by Gasteiger charge is -1.96. The zero-order valence-corrected chi connectivity index (χ0v) is 7.83. The minimum absolute atomic E-state index is 0.740. The van der Waals surface area contributed by atoms with Gasteiger partial charge in [0.1, 0.15) is 0 Å². The Bertz CT molecular complexity index is 270. The SMILES string of the molecule is C=C/C=C\C(C=NC)=C(/C=C)C=N. The summed E-state index contributed by atoms with van der Waals surface area (Å²) in [5, 5.41) is 7.13. The van der Waals surface area contributed by atoms with E-state index in [9.17, 15) is 0 Å². The highest BCUT2D eigenvalue weighted by Crippen LogP contribution is 2.03. The highest BCUT2D eigenvalue weighted by molar-refractivity contribution is 5.94. The maximum Gasteiger partial charge on any atom is 0.0287 e. The predicted octanol–water partition coefficient (Wildman–Crippen LogP) is 2.56. The lowest BCUT2D eigenvalue weighted by atomic mass is 10.1. The molecule has 0 atom stereocenters. The fraction of sp³-hybridized carbons (Fsp3) is 0.0909. The van der Waals surface area contributed by atoms with E-state index in [0.29, 0.717) is 0 Å². The van der Waals surface area contributed by atoms with Crippen LogP contribution < -0.4 is 0 Å². The van der Waals surface area contributed by atoms with Crippen molar-refractivity contribution in [3.05, 3.63) is 48.6 Å². The zero-order valence-electron chi connectivity index (χ0n) is 7.83. The van der Waals surface area contributed by atoms with Crippen LogP contribution in [0.3, 0.4) is 0 Å². The molecule has 0 aliphatic rings. The molecule has 1 N–H and O–H groups in total. The van der Waals surface area contributed by atoms with Gasteiger partial charge in [0.15, 0.2) is 0 Å². The van der Waals surface area contributed by atoms with E-state index in [-0.39, 0.29) is 0 Å². The second kappa shape index (κ2) is 6.98. The van der Waals surface area contributed by atoms with E-state index >= 15 is 0 Å². The van der Waals surface area contributed by atoms with Gasteiger partial charge in [-0.25, -0.2) is 0 Å². The molecule has 0 saturated carbocycles. The summed E-state index contributed by atoms with van der Waals surface area (Å²) in [4.78, 5) is 3.89. The van der Waals surface area contributed by atoms with Crippen LogP contribution in [0.5, 0.6) is 0 Å². The van der Waals surface area contributed by atoms with Crippen LogP contribution >= 0.6 is 0 Å². The second-order valence-electron chi connectivity index (χ2n) is 2.24. The summed E-state index contributed by atoms with van der Waals surface area (Å²) < 4.78 is 0. The lowest BCUT2D eigenvalue weighted by molar-refractivity contribution is 1.46. The van der Waals surface area contributed by atoms with Gasteiger partial charge in [0, 0.05) is 30.6 Å². The molecule has 2 nitrogen and oxygen atoms in total. The first kappa shape index (κ1) is 11.3. The Balaban J connectivity index is 5.05. The van der Waals surface area contributed by atoms with Gasteiger partial charge >= 0.3 is 0 Å². The fourth-order valence-corrected chi connectivity index (χ4v) is 0.785. The van der Waals surface area contributed by atoms with Gasteiger partial charge in [-0.3, -0.25) is 4.99 Å². The first-order valence-electron chi connectivity index (χ1n) is 3.88. The van der Waals surface area contributed by atoms with Gasteiger partial charge in [-0.2, -0.15) is 0 Å². The summed E-state index contributed by atoms with van der Waals surface area (Å²) in [5.41, 5.74) is 1.59. The monoisotopic (exact) mass is 174 g/mol. The molecule has 0 aromatic heterocycles. The molecule has 68 valence electrons. The summed E-state index contributed by atoms with van der Waals surface area (Å²) in [6, 6.07) is 0. The average Bonchev–Trinajstić information content (AvgIpc) is 2.16. The zero-order chi connectivity index (χ0) is 10.1. The Labute approximate surface area is 79.2 Å². The van der Waals surface area contributed by atoms with Crippen LogP contribution in [0.2, 0.25) is 0 Å². The van der Waals surface area contributed by atoms with Crippen LogP contribution in [0.4, 0.5) is 0 Å². The van der Waals surface area contributed by atoms with Crippen molar-refractivity contribution in [2.24, 2.45) is 4.99 Å². The largest absolute Gasteiger partial charge is 0.308 e. The van der Waals surface area contributed by atoms with Gasteiger partial charge in [-0.1, -0.05) is 37.5 Å². The molecule has 0 aliphatic carbocycles. The second-order valence-corrected chi connectivity index (χ2v) is 2.24. The van der Waals surface area contributed by atoms with Crippen molar-refractivity contribution in [1.29, 1.82) is 5.41 Å². The van der Waals surface area contributed by atoms with Gasteiger partial charge in [0.05, 0.1) is 0 Å². The molecule has 0 aromatic rings. The molecule has 0 aromatic carbocycles. The average molecular weight is 174 g/mol. The van der Waals surface area contributed by atoms with Crippen molar-refractivity contribution in [3.8, 4) is 0 Å². The van der Waals surface area contributed by atoms with Crippen LogP contribution in [0, 0.1) is 5.41 Å². The van der Waals surface area contributed by atoms with Crippen LogP contribution in [0.25, 0.3) is 0 Å². The quantitative estimate of drug-likeness (QED) is 0.491. The van der Waals surface area contributed by atoms with Crippen LogP contribution in [-0.4, -0.2) is 19.5 Å². The molecule has 0 amide bonds.